The van der Waals surface area contributed by atoms with Crippen LogP contribution in [0.4, 0.5) is 0 Å². The van der Waals surface area contributed by atoms with Gasteiger partial charge in [0.15, 0.2) is 0 Å². The van der Waals surface area contributed by atoms with Crippen LogP contribution in [-0.4, -0.2) is 39.5 Å². The molecule has 2 aromatic rings. The van der Waals surface area contributed by atoms with Gasteiger partial charge in [-0.25, -0.2) is 8.42 Å². The highest BCUT2D eigenvalue weighted by molar-refractivity contribution is 7.89. The summed E-state index contributed by atoms with van der Waals surface area (Å²) in [6.07, 6.45) is -0.337. The standard InChI is InChI=1S/C19H22ClNO4S/c1-13-9-17(24-3)10-14(2)19(13)26(22,23)21-7-8-25-18(12-21)15-5-4-6-16(20)11-15/h4-6,9-11,18H,7-8,12H2,1-3H3. The van der Waals surface area contributed by atoms with Crippen molar-refractivity contribution in [2.24, 2.45) is 0 Å². The molecule has 3 rings (SSSR count). The maximum atomic E-state index is 13.3. The third-order valence-electron chi connectivity index (χ3n) is 4.52. The molecule has 1 aliphatic heterocycles. The summed E-state index contributed by atoms with van der Waals surface area (Å²) in [6, 6.07) is 10.8. The van der Waals surface area contributed by atoms with E-state index < -0.39 is 10.0 Å². The van der Waals surface area contributed by atoms with Crippen molar-refractivity contribution in [2.45, 2.75) is 24.8 Å². The fourth-order valence-corrected chi connectivity index (χ4v) is 5.35. The first kappa shape index (κ1) is 19.2. The molecule has 1 fully saturated rings. The first-order valence-electron chi connectivity index (χ1n) is 8.35. The molecule has 5 nitrogen and oxygen atoms in total. The molecule has 1 aliphatic rings. The van der Waals surface area contributed by atoms with Gasteiger partial charge in [0.25, 0.3) is 0 Å². The molecule has 1 atom stereocenters. The number of hydrogen-bond acceptors (Lipinski definition) is 4. The van der Waals surface area contributed by atoms with Crippen LogP contribution in [0.2, 0.25) is 5.02 Å². The van der Waals surface area contributed by atoms with E-state index in [1.165, 1.54) is 4.31 Å². The van der Waals surface area contributed by atoms with Gasteiger partial charge < -0.3 is 9.47 Å². The Labute approximate surface area is 159 Å². The molecule has 1 heterocycles. The van der Waals surface area contributed by atoms with E-state index in [4.69, 9.17) is 21.1 Å². The maximum Gasteiger partial charge on any atom is 0.243 e. The van der Waals surface area contributed by atoms with E-state index in [1.807, 2.05) is 18.2 Å². The summed E-state index contributed by atoms with van der Waals surface area (Å²) < 4.78 is 39.1. The van der Waals surface area contributed by atoms with Crippen molar-refractivity contribution in [3.05, 3.63) is 58.1 Å². The molecule has 0 aliphatic carbocycles. The third kappa shape index (κ3) is 3.74. The number of nitrogens with zero attached hydrogens (tertiary/aromatic N) is 1. The summed E-state index contributed by atoms with van der Waals surface area (Å²) >= 11 is 6.06. The molecule has 0 amide bonds. The molecule has 0 N–H and O–H groups in total. The Morgan fingerprint density at radius 1 is 1.19 bits per heavy atom. The zero-order valence-corrected chi connectivity index (χ0v) is 16.6. The Morgan fingerprint density at radius 2 is 1.88 bits per heavy atom. The van der Waals surface area contributed by atoms with Crippen LogP contribution in [0.5, 0.6) is 5.75 Å². The number of hydrogen-bond donors (Lipinski definition) is 0. The molecule has 7 heteroatoms. The van der Waals surface area contributed by atoms with E-state index in [1.54, 1.807) is 39.2 Å². The van der Waals surface area contributed by atoms with Crippen LogP contribution in [0, 0.1) is 13.8 Å². The molecule has 140 valence electrons. The van der Waals surface area contributed by atoms with Crippen LogP contribution in [0.3, 0.4) is 0 Å². The predicted octanol–water partition coefficient (Wildman–Crippen LogP) is 3.73. The SMILES string of the molecule is COc1cc(C)c(S(=O)(=O)N2CCOC(c3cccc(Cl)c3)C2)c(C)c1. The molecule has 0 spiro atoms. The minimum atomic E-state index is -3.63. The molecule has 0 aromatic heterocycles. The minimum Gasteiger partial charge on any atom is -0.497 e. The van der Waals surface area contributed by atoms with Gasteiger partial charge in [-0.1, -0.05) is 23.7 Å². The Balaban J connectivity index is 1.92. The van der Waals surface area contributed by atoms with Gasteiger partial charge >= 0.3 is 0 Å². The number of morpholine rings is 1. The second-order valence-corrected chi connectivity index (χ2v) is 8.68. The van der Waals surface area contributed by atoms with Gasteiger partial charge in [0, 0.05) is 18.1 Å². The highest BCUT2D eigenvalue weighted by atomic mass is 35.5. The van der Waals surface area contributed by atoms with Gasteiger partial charge in [-0.15, -0.1) is 0 Å². The van der Waals surface area contributed by atoms with Gasteiger partial charge in [0.1, 0.15) is 5.75 Å². The van der Waals surface area contributed by atoms with Crippen molar-refractivity contribution < 1.29 is 17.9 Å². The highest BCUT2D eigenvalue weighted by Gasteiger charge is 2.33. The average molecular weight is 396 g/mol. The largest absolute Gasteiger partial charge is 0.497 e. The van der Waals surface area contributed by atoms with Crippen molar-refractivity contribution in [1.82, 2.24) is 4.31 Å². The van der Waals surface area contributed by atoms with Crippen molar-refractivity contribution in [3.63, 3.8) is 0 Å². The molecule has 1 saturated heterocycles. The van der Waals surface area contributed by atoms with E-state index in [2.05, 4.69) is 0 Å². The predicted molar refractivity (Wildman–Crippen MR) is 101 cm³/mol. The van der Waals surface area contributed by atoms with Gasteiger partial charge in [0.2, 0.25) is 10.0 Å². The van der Waals surface area contributed by atoms with Crippen LogP contribution >= 0.6 is 11.6 Å². The molecule has 0 radical (unpaired) electrons. The lowest BCUT2D eigenvalue weighted by atomic mass is 10.1. The highest BCUT2D eigenvalue weighted by Crippen LogP contribution is 2.32. The minimum absolute atomic E-state index is 0.258. The topological polar surface area (TPSA) is 55.8 Å². The summed E-state index contributed by atoms with van der Waals surface area (Å²) in [4.78, 5) is 0.338. The van der Waals surface area contributed by atoms with Gasteiger partial charge in [-0.2, -0.15) is 4.31 Å². The Bertz CT molecular complexity index is 891. The summed E-state index contributed by atoms with van der Waals surface area (Å²) in [5.74, 6) is 0.651. The number of methoxy groups -OCH3 is 1. The number of halogens is 1. The maximum absolute atomic E-state index is 13.3. The fourth-order valence-electron chi connectivity index (χ4n) is 3.32. The number of aryl methyl sites for hydroxylation is 2. The number of ether oxygens (including phenoxy) is 2. The van der Waals surface area contributed by atoms with Crippen molar-refractivity contribution in [3.8, 4) is 5.75 Å². The van der Waals surface area contributed by atoms with Gasteiger partial charge in [0.05, 0.1) is 24.7 Å². The van der Waals surface area contributed by atoms with E-state index in [9.17, 15) is 8.42 Å². The summed E-state index contributed by atoms with van der Waals surface area (Å²) in [7, 11) is -2.07. The van der Waals surface area contributed by atoms with E-state index in [0.717, 1.165) is 5.56 Å². The molecule has 26 heavy (non-hydrogen) atoms. The smallest absolute Gasteiger partial charge is 0.243 e. The summed E-state index contributed by atoms with van der Waals surface area (Å²) in [5, 5.41) is 0.605. The Hall–Kier alpha value is -1.60. The second-order valence-electron chi connectivity index (χ2n) is 6.37. The molecule has 2 aromatic carbocycles. The zero-order chi connectivity index (χ0) is 18.9. The first-order valence-corrected chi connectivity index (χ1v) is 10.2. The third-order valence-corrected chi connectivity index (χ3v) is 6.92. The summed E-state index contributed by atoms with van der Waals surface area (Å²) in [6.45, 7) is 4.50. The van der Waals surface area contributed by atoms with Crippen LogP contribution in [0.15, 0.2) is 41.3 Å². The molecule has 0 bridgehead atoms. The average Bonchev–Trinajstić information content (AvgIpc) is 2.61. The van der Waals surface area contributed by atoms with Crippen molar-refractivity contribution >= 4 is 21.6 Å². The van der Waals surface area contributed by atoms with Crippen LogP contribution in [0.25, 0.3) is 0 Å². The van der Waals surface area contributed by atoms with Gasteiger partial charge in [-0.05, 0) is 54.8 Å². The second kappa shape index (κ2) is 7.56. The summed E-state index contributed by atoms with van der Waals surface area (Å²) in [5.41, 5.74) is 2.22. The zero-order valence-electron chi connectivity index (χ0n) is 15.0. The lowest BCUT2D eigenvalue weighted by molar-refractivity contribution is -0.00257. The lowest BCUT2D eigenvalue weighted by Gasteiger charge is -2.33. The normalized spacial score (nSPS) is 18.7. The number of benzene rings is 2. The monoisotopic (exact) mass is 395 g/mol. The van der Waals surface area contributed by atoms with Gasteiger partial charge in [-0.3, -0.25) is 0 Å². The van der Waals surface area contributed by atoms with Crippen LogP contribution in [-0.2, 0) is 14.8 Å². The van der Waals surface area contributed by atoms with Crippen molar-refractivity contribution in [1.29, 1.82) is 0 Å². The van der Waals surface area contributed by atoms with E-state index in [-0.39, 0.29) is 12.6 Å². The Morgan fingerprint density at radius 3 is 2.50 bits per heavy atom. The quantitative estimate of drug-likeness (QED) is 0.791. The first-order chi connectivity index (χ1) is 12.3. The van der Waals surface area contributed by atoms with E-state index in [0.29, 0.717) is 39.9 Å². The van der Waals surface area contributed by atoms with E-state index >= 15 is 0 Å². The lowest BCUT2D eigenvalue weighted by Crippen LogP contribution is -2.42. The number of rotatable bonds is 4. The molecular formula is C19H22ClNO4S. The van der Waals surface area contributed by atoms with Crippen LogP contribution in [0.1, 0.15) is 22.8 Å². The molecule has 1 unspecified atom stereocenters. The molecular weight excluding hydrogens is 374 g/mol. The van der Waals surface area contributed by atoms with Crippen molar-refractivity contribution in [2.75, 3.05) is 26.8 Å². The molecule has 0 saturated carbocycles. The number of sulfonamides is 1. The van der Waals surface area contributed by atoms with Crippen LogP contribution < -0.4 is 4.74 Å². The Kier molecular flexibility index (Phi) is 5.58. The fraction of sp³-hybridized carbons (Fsp3) is 0.368.